The number of urea groups is 1. The van der Waals surface area contributed by atoms with E-state index in [4.69, 9.17) is 4.74 Å². The third kappa shape index (κ3) is 4.83. The standard InChI is InChI=1S/C22H24N4O4/c1-4-19-23-17-9-5-6-11-18(17)26(19)12-21(28)30-13-20(27)25-22(29)24-16-10-7-8-14(2)15(16)3/h5-11H,4,12-13H2,1-3H3,(H2,24,25,27,29). The quantitative estimate of drug-likeness (QED) is 0.610. The smallest absolute Gasteiger partial charge is 0.326 e. The molecule has 0 spiro atoms. The van der Waals surface area contributed by atoms with Crippen molar-refractivity contribution in [2.45, 2.75) is 33.7 Å². The second-order valence-corrected chi connectivity index (χ2v) is 6.87. The van der Waals surface area contributed by atoms with Gasteiger partial charge in [-0.15, -0.1) is 0 Å². The molecule has 30 heavy (non-hydrogen) atoms. The lowest BCUT2D eigenvalue weighted by atomic mass is 10.1. The number of imide groups is 1. The Kier molecular flexibility index (Phi) is 6.46. The summed E-state index contributed by atoms with van der Waals surface area (Å²) in [6.45, 7) is 5.14. The maximum atomic E-state index is 12.2. The topological polar surface area (TPSA) is 102 Å². The highest BCUT2D eigenvalue weighted by atomic mass is 16.5. The minimum atomic E-state index is -0.711. The van der Waals surface area contributed by atoms with Crippen molar-refractivity contribution in [2.24, 2.45) is 0 Å². The van der Waals surface area contributed by atoms with Gasteiger partial charge in [0.2, 0.25) is 0 Å². The van der Waals surface area contributed by atoms with E-state index in [0.29, 0.717) is 12.1 Å². The summed E-state index contributed by atoms with van der Waals surface area (Å²) in [6.07, 6.45) is 0.654. The van der Waals surface area contributed by atoms with Gasteiger partial charge in [-0.05, 0) is 43.2 Å². The van der Waals surface area contributed by atoms with E-state index in [2.05, 4.69) is 15.6 Å². The molecule has 156 valence electrons. The second kappa shape index (κ2) is 9.21. The van der Waals surface area contributed by atoms with E-state index in [-0.39, 0.29) is 6.54 Å². The van der Waals surface area contributed by atoms with Crippen molar-refractivity contribution in [3.8, 4) is 0 Å². The van der Waals surface area contributed by atoms with Crippen LogP contribution in [0.3, 0.4) is 0 Å². The maximum Gasteiger partial charge on any atom is 0.326 e. The van der Waals surface area contributed by atoms with Gasteiger partial charge in [0, 0.05) is 12.1 Å². The Morgan fingerprint density at radius 3 is 2.60 bits per heavy atom. The van der Waals surface area contributed by atoms with Gasteiger partial charge in [0.1, 0.15) is 12.4 Å². The van der Waals surface area contributed by atoms with Crippen LogP contribution in [0.1, 0.15) is 23.9 Å². The number of nitrogens with zero attached hydrogens (tertiary/aromatic N) is 2. The normalized spacial score (nSPS) is 10.6. The molecule has 2 aromatic carbocycles. The Morgan fingerprint density at radius 2 is 1.83 bits per heavy atom. The lowest BCUT2D eigenvalue weighted by Gasteiger charge is -2.11. The van der Waals surface area contributed by atoms with Gasteiger partial charge in [-0.2, -0.15) is 0 Å². The number of anilines is 1. The first-order chi connectivity index (χ1) is 14.4. The molecule has 3 rings (SSSR count). The molecular formula is C22H24N4O4. The molecule has 1 aromatic heterocycles. The summed E-state index contributed by atoms with van der Waals surface area (Å²) in [5.41, 5.74) is 4.15. The number of nitrogens with one attached hydrogen (secondary N) is 2. The van der Waals surface area contributed by atoms with Crippen LogP contribution in [0.2, 0.25) is 0 Å². The summed E-state index contributed by atoms with van der Waals surface area (Å²) >= 11 is 0. The fourth-order valence-electron chi connectivity index (χ4n) is 3.10. The third-order valence-electron chi connectivity index (χ3n) is 4.81. The zero-order valence-electron chi connectivity index (χ0n) is 17.2. The number of esters is 1. The van der Waals surface area contributed by atoms with Gasteiger partial charge in [0.25, 0.3) is 5.91 Å². The number of rotatable bonds is 6. The number of para-hydroxylation sites is 2. The molecule has 1 heterocycles. The van der Waals surface area contributed by atoms with Crippen LogP contribution in [-0.4, -0.2) is 34.1 Å². The average Bonchev–Trinajstić information content (AvgIpc) is 3.07. The molecular weight excluding hydrogens is 384 g/mol. The molecule has 0 atom stereocenters. The van der Waals surface area contributed by atoms with Crippen molar-refractivity contribution in [2.75, 3.05) is 11.9 Å². The van der Waals surface area contributed by atoms with Gasteiger partial charge < -0.3 is 14.6 Å². The summed E-state index contributed by atoms with van der Waals surface area (Å²) in [4.78, 5) is 40.7. The van der Waals surface area contributed by atoms with Gasteiger partial charge in [-0.25, -0.2) is 9.78 Å². The Morgan fingerprint density at radius 1 is 1.07 bits per heavy atom. The van der Waals surface area contributed by atoms with Crippen LogP contribution in [0.15, 0.2) is 42.5 Å². The van der Waals surface area contributed by atoms with Crippen molar-refractivity contribution in [3.05, 3.63) is 59.4 Å². The van der Waals surface area contributed by atoms with Crippen molar-refractivity contribution in [3.63, 3.8) is 0 Å². The van der Waals surface area contributed by atoms with Crippen LogP contribution >= 0.6 is 0 Å². The van der Waals surface area contributed by atoms with Gasteiger partial charge in [0.05, 0.1) is 11.0 Å². The molecule has 8 nitrogen and oxygen atoms in total. The van der Waals surface area contributed by atoms with Gasteiger partial charge >= 0.3 is 12.0 Å². The van der Waals surface area contributed by atoms with Crippen molar-refractivity contribution in [1.82, 2.24) is 14.9 Å². The second-order valence-electron chi connectivity index (χ2n) is 6.87. The summed E-state index contributed by atoms with van der Waals surface area (Å²) in [5.74, 6) is -0.541. The third-order valence-corrected chi connectivity index (χ3v) is 4.81. The number of fused-ring (bicyclic) bond motifs is 1. The van der Waals surface area contributed by atoms with E-state index in [0.717, 1.165) is 28.0 Å². The summed E-state index contributed by atoms with van der Waals surface area (Å²) in [7, 11) is 0. The lowest BCUT2D eigenvalue weighted by molar-refractivity contribution is -0.148. The Bertz CT molecular complexity index is 1100. The summed E-state index contributed by atoms with van der Waals surface area (Å²) in [6, 6.07) is 12.3. The largest absolute Gasteiger partial charge is 0.454 e. The first-order valence-electron chi connectivity index (χ1n) is 9.65. The molecule has 0 saturated carbocycles. The number of benzene rings is 2. The number of aryl methyl sites for hydroxylation is 2. The zero-order chi connectivity index (χ0) is 21.7. The van der Waals surface area contributed by atoms with E-state index >= 15 is 0 Å². The van der Waals surface area contributed by atoms with Crippen LogP contribution in [0.25, 0.3) is 11.0 Å². The predicted octanol–water partition coefficient (Wildman–Crippen LogP) is 3.11. The molecule has 0 unspecified atom stereocenters. The summed E-state index contributed by atoms with van der Waals surface area (Å²) in [5, 5.41) is 4.77. The Balaban J connectivity index is 1.53. The molecule has 0 fully saturated rings. The molecule has 3 aromatic rings. The van der Waals surface area contributed by atoms with Gasteiger partial charge in [-0.3, -0.25) is 14.9 Å². The van der Waals surface area contributed by atoms with Crippen LogP contribution in [-0.2, 0) is 27.3 Å². The minimum absolute atomic E-state index is 0.0638. The highest BCUT2D eigenvalue weighted by molar-refractivity contribution is 6.02. The van der Waals surface area contributed by atoms with Gasteiger partial charge in [-0.1, -0.05) is 31.2 Å². The molecule has 0 aliphatic carbocycles. The van der Waals surface area contributed by atoms with E-state index in [1.54, 1.807) is 10.6 Å². The number of hydrogen-bond donors (Lipinski definition) is 2. The average molecular weight is 408 g/mol. The van der Waals surface area contributed by atoms with E-state index < -0.39 is 24.5 Å². The molecule has 0 bridgehead atoms. The van der Waals surface area contributed by atoms with Crippen molar-refractivity contribution >= 4 is 34.6 Å². The lowest BCUT2D eigenvalue weighted by Crippen LogP contribution is -2.37. The number of imidazole rings is 1. The highest BCUT2D eigenvalue weighted by Gasteiger charge is 2.15. The fourth-order valence-corrected chi connectivity index (χ4v) is 3.10. The number of hydrogen-bond acceptors (Lipinski definition) is 5. The van der Waals surface area contributed by atoms with Crippen LogP contribution < -0.4 is 10.6 Å². The van der Waals surface area contributed by atoms with E-state index in [9.17, 15) is 14.4 Å². The van der Waals surface area contributed by atoms with Crippen LogP contribution in [0.4, 0.5) is 10.5 Å². The Hall–Kier alpha value is -3.68. The molecule has 0 saturated heterocycles. The van der Waals surface area contributed by atoms with E-state index in [1.165, 1.54) is 0 Å². The van der Waals surface area contributed by atoms with E-state index in [1.807, 2.05) is 57.2 Å². The number of carbonyl (C=O) groups excluding carboxylic acids is 3. The minimum Gasteiger partial charge on any atom is -0.454 e. The highest BCUT2D eigenvalue weighted by Crippen LogP contribution is 2.18. The molecule has 8 heteroatoms. The fraction of sp³-hybridized carbons (Fsp3) is 0.273. The molecule has 3 amide bonds. The predicted molar refractivity (Wildman–Crippen MR) is 113 cm³/mol. The Labute approximate surface area is 174 Å². The van der Waals surface area contributed by atoms with Crippen LogP contribution in [0.5, 0.6) is 0 Å². The molecule has 0 aliphatic rings. The molecule has 2 N–H and O–H groups in total. The van der Waals surface area contributed by atoms with Crippen molar-refractivity contribution < 1.29 is 19.1 Å². The number of carbonyl (C=O) groups is 3. The number of ether oxygens (including phenoxy) is 1. The number of amides is 3. The first kappa shape index (κ1) is 21.0. The SMILES string of the molecule is CCc1nc2ccccc2n1CC(=O)OCC(=O)NC(=O)Nc1cccc(C)c1C. The van der Waals surface area contributed by atoms with Crippen LogP contribution in [0, 0.1) is 13.8 Å². The van der Waals surface area contributed by atoms with Gasteiger partial charge in [0.15, 0.2) is 6.61 Å². The first-order valence-corrected chi connectivity index (χ1v) is 9.65. The zero-order valence-corrected chi connectivity index (χ0v) is 17.2. The summed E-state index contributed by atoms with van der Waals surface area (Å²) < 4.78 is 6.81. The monoisotopic (exact) mass is 408 g/mol. The van der Waals surface area contributed by atoms with Crippen molar-refractivity contribution in [1.29, 1.82) is 0 Å². The molecule has 0 aliphatic heterocycles. The molecule has 0 radical (unpaired) electrons. The maximum absolute atomic E-state index is 12.2. The number of aromatic nitrogens is 2.